The highest BCUT2D eigenvalue weighted by Gasteiger charge is 2.20. The van der Waals surface area contributed by atoms with Gasteiger partial charge in [0, 0.05) is 0 Å². The lowest BCUT2D eigenvalue weighted by atomic mass is 9.93. The molecule has 0 heterocycles. The summed E-state index contributed by atoms with van der Waals surface area (Å²) >= 11 is 0. The molecule has 0 aliphatic carbocycles. The zero-order chi connectivity index (χ0) is 14.5. The van der Waals surface area contributed by atoms with Gasteiger partial charge in [-0.05, 0) is 29.7 Å². The predicted octanol–water partition coefficient (Wildman–Crippen LogP) is 3.31. The minimum atomic E-state index is -0.266. The molecule has 106 valence electrons. The fourth-order valence-electron chi connectivity index (χ4n) is 2.50. The summed E-state index contributed by atoms with van der Waals surface area (Å²) < 4.78 is 10.9. The number of ether oxygens (including phenoxy) is 2. The number of benzene rings is 2. The lowest BCUT2D eigenvalue weighted by Gasteiger charge is -2.21. The predicted molar refractivity (Wildman–Crippen MR) is 81.4 cm³/mol. The van der Waals surface area contributed by atoms with Crippen LogP contribution >= 0.6 is 0 Å². The molecule has 0 fully saturated rings. The van der Waals surface area contributed by atoms with Crippen molar-refractivity contribution < 1.29 is 9.47 Å². The first-order valence-corrected chi connectivity index (χ1v) is 6.77. The van der Waals surface area contributed by atoms with E-state index in [-0.39, 0.29) is 6.04 Å². The SMILES string of the molecule is CCc1ccccc1C(N)c1c(OC)cccc1OC. The lowest BCUT2D eigenvalue weighted by molar-refractivity contribution is 0.382. The molecule has 0 aromatic heterocycles. The lowest BCUT2D eigenvalue weighted by Crippen LogP contribution is -2.16. The topological polar surface area (TPSA) is 44.5 Å². The molecule has 3 nitrogen and oxygen atoms in total. The molecule has 1 unspecified atom stereocenters. The van der Waals surface area contributed by atoms with Gasteiger partial charge in [0.15, 0.2) is 0 Å². The molecule has 0 amide bonds. The maximum absolute atomic E-state index is 6.49. The third-order valence-electron chi connectivity index (χ3n) is 3.55. The third kappa shape index (κ3) is 2.63. The Hall–Kier alpha value is -2.00. The van der Waals surface area contributed by atoms with Crippen molar-refractivity contribution >= 4 is 0 Å². The van der Waals surface area contributed by atoms with E-state index in [0.29, 0.717) is 0 Å². The van der Waals surface area contributed by atoms with Crippen molar-refractivity contribution in [2.75, 3.05) is 14.2 Å². The van der Waals surface area contributed by atoms with Gasteiger partial charge in [-0.3, -0.25) is 0 Å². The Morgan fingerprint density at radius 3 is 2.10 bits per heavy atom. The average Bonchev–Trinajstić information content (AvgIpc) is 2.53. The van der Waals surface area contributed by atoms with Crippen LogP contribution in [0.15, 0.2) is 42.5 Å². The number of aryl methyl sites for hydroxylation is 1. The zero-order valence-corrected chi connectivity index (χ0v) is 12.2. The molecular formula is C17H21NO2. The number of rotatable bonds is 5. The molecule has 0 aliphatic heterocycles. The Labute approximate surface area is 120 Å². The first-order valence-electron chi connectivity index (χ1n) is 6.77. The fourth-order valence-corrected chi connectivity index (χ4v) is 2.50. The molecule has 0 radical (unpaired) electrons. The Kier molecular flexibility index (Phi) is 4.64. The summed E-state index contributed by atoms with van der Waals surface area (Å²) in [5, 5.41) is 0. The van der Waals surface area contributed by atoms with Gasteiger partial charge in [0.1, 0.15) is 11.5 Å². The highest BCUT2D eigenvalue weighted by atomic mass is 16.5. The normalized spacial score (nSPS) is 12.0. The smallest absolute Gasteiger partial charge is 0.127 e. The number of hydrogen-bond donors (Lipinski definition) is 1. The van der Waals surface area contributed by atoms with Crippen LogP contribution in [0.3, 0.4) is 0 Å². The summed E-state index contributed by atoms with van der Waals surface area (Å²) in [7, 11) is 3.30. The second-order valence-electron chi connectivity index (χ2n) is 4.61. The van der Waals surface area contributed by atoms with Crippen LogP contribution in [-0.4, -0.2) is 14.2 Å². The summed E-state index contributed by atoms with van der Waals surface area (Å²) in [4.78, 5) is 0. The average molecular weight is 271 g/mol. The molecule has 20 heavy (non-hydrogen) atoms. The van der Waals surface area contributed by atoms with Crippen molar-refractivity contribution in [3.05, 3.63) is 59.2 Å². The quantitative estimate of drug-likeness (QED) is 0.907. The van der Waals surface area contributed by atoms with E-state index in [1.54, 1.807) is 14.2 Å². The Bertz CT molecular complexity index is 559. The van der Waals surface area contributed by atoms with Gasteiger partial charge in [-0.1, -0.05) is 37.3 Å². The van der Waals surface area contributed by atoms with E-state index in [4.69, 9.17) is 15.2 Å². The molecular weight excluding hydrogens is 250 g/mol. The maximum Gasteiger partial charge on any atom is 0.127 e. The van der Waals surface area contributed by atoms with Crippen LogP contribution in [-0.2, 0) is 6.42 Å². The molecule has 2 N–H and O–H groups in total. The van der Waals surface area contributed by atoms with Gasteiger partial charge >= 0.3 is 0 Å². The highest BCUT2D eigenvalue weighted by Crippen LogP contribution is 2.36. The summed E-state index contributed by atoms with van der Waals surface area (Å²) in [5.74, 6) is 1.51. The molecule has 2 rings (SSSR count). The van der Waals surface area contributed by atoms with Crippen molar-refractivity contribution in [3.8, 4) is 11.5 Å². The number of nitrogens with two attached hydrogens (primary N) is 1. The van der Waals surface area contributed by atoms with E-state index >= 15 is 0 Å². The van der Waals surface area contributed by atoms with Gasteiger partial charge < -0.3 is 15.2 Å². The zero-order valence-electron chi connectivity index (χ0n) is 12.2. The van der Waals surface area contributed by atoms with Crippen LogP contribution in [0.25, 0.3) is 0 Å². The van der Waals surface area contributed by atoms with E-state index in [9.17, 15) is 0 Å². The number of methoxy groups -OCH3 is 2. The van der Waals surface area contributed by atoms with Gasteiger partial charge in [-0.2, -0.15) is 0 Å². The molecule has 1 atom stereocenters. The Morgan fingerprint density at radius 2 is 1.55 bits per heavy atom. The van der Waals surface area contributed by atoms with Crippen LogP contribution in [0.4, 0.5) is 0 Å². The second-order valence-corrected chi connectivity index (χ2v) is 4.61. The highest BCUT2D eigenvalue weighted by molar-refractivity contribution is 5.51. The molecule has 2 aromatic rings. The monoisotopic (exact) mass is 271 g/mol. The van der Waals surface area contributed by atoms with Gasteiger partial charge in [-0.25, -0.2) is 0 Å². The minimum Gasteiger partial charge on any atom is -0.496 e. The van der Waals surface area contributed by atoms with E-state index in [1.165, 1.54) is 5.56 Å². The Balaban J connectivity index is 2.55. The van der Waals surface area contributed by atoms with Crippen molar-refractivity contribution in [3.63, 3.8) is 0 Å². The van der Waals surface area contributed by atoms with Crippen LogP contribution in [0, 0.1) is 0 Å². The maximum atomic E-state index is 6.49. The van der Waals surface area contributed by atoms with Crippen molar-refractivity contribution in [2.24, 2.45) is 5.73 Å². The van der Waals surface area contributed by atoms with E-state index in [2.05, 4.69) is 19.1 Å². The van der Waals surface area contributed by atoms with Crippen LogP contribution in [0.5, 0.6) is 11.5 Å². The van der Waals surface area contributed by atoms with Gasteiger partial charge in [-0.15, -0.1) is 0 Å². The van der Waals surface area contributed by atoms with Gasteiger partial charge in [0.2, 0.25) is 0 Å². The van der Waals surface area contributed by atoms with E-state index < -0.39 is 0 Å². The summed E-state index contributed by atoms with van der Waals surface area (Å²) in [6.45, 7) is 2.13. The van der Waals surface area contributed by atoms with Crippen LogP contribution in [0.2, 0.25) is 0 Å². The third-order valence-corrected chi connectivity index (χ3v) is 3.55. The first-order chi connectivity index (χ1) is 9.72. The Morgan fingerprint density at radius 1 is 0.950 bits per heavy atom. The molecule has 0 saturated heterocycles. The molecule has 3 heteroatoms. The van der Waals surface area contributed by atoms with Crippen molar-refractivity contribution in [2.45, 2.75) is 19.4 Å². The molecule has 0 bridgehead atoms. The molecule has 0 aliphatic rings. The summed E-state index contributed by atoms with van der Waals surface area (Å²) in [6.07, 6.45) is 0.946. The second kappa shape index (κ2) is 6.44. The van der Waals surface area contributed by atoms with E-state index in [0.717, 1.165) is 29.0 Å². The standard InChI is InChI=1S/C17H21NO2/c1-4-12-8-5-6-9-13(12)17(18)16-14(19-2)10-7-11-15(16)20-3/h5-11,17H,4,18H2,1-3H3. The molecule has 0 spiro atoms. The van der Waals surface area contributed by atoms with Crippen LogP contribution < -0.4 is 15.2 Å². The minimum absolute atomic E-state index is 0.266. The summed E-state index contributed by atoms with van der Waals surface area (Å²) in [6, 6.07) is 13.7. The largest absolute Gasteiger partial charge is 0.496 e. The van der Waals surface area contributed by atoms with Crippen LogP contribution in [0.1, 0.15) is 29.7 Å². The van der Waals surface area contributed by atoms with Gasteiger partial charge in [0.05, 0.1) is 25.8 Å². The van der Waals surface area contributed by atoms with E-state index in [1.807, 2.05) is 30.3 Å². The number of hydrogen-bond acceptors (Lipinski definition) is 3. The fraction of sp³-hybridized carbons (Fsp3) is 0.294. The summed E-state index contributed by atoms with van der Waals surface area (Å²) in [5.41, 5.74) is 9.73. The van der Waals surface area contributed by atoms with Gasteiger partial charge in [0.25, 0.3) is 0 Å². The van der Waals surface area contributed by atoms with Crippen molar-refractivity contribution in [1.29, 1.82) is 0 Å². The molecule has 0 saturated carbocycles. The molecule has 2 aromatic carbocycles. The van der Waals surface area contributed by atoms with Crippen molar-refractivity contribution in [1.82, 2.24) is 0 Å². The first kappa shape index (κ1) is 14.4.